The second-order valence-corrected chi connectivity index (χ2v) is 4.12. The molecule has 1 heterocycles. The van der Waals surface area contributed by atoms with Crippen LogP contribution in [0.25, 0.3) is 0 Å². The van der Waals surface area contributed by atoms with E-state index in [1.165, 1.54) is 16.7 Å². The highest BCUT2D eigenvalue weighted by Crippen LogP contribution is 2.31. The lowest BCUT2D eigenvalue weighted by Gasteiger charge is -2.12. The van der Waals surface area contributed by atoms with Gasteiger partial charge < -0.3 is 15.2 Å². The second kappa shape index (κ2) is 5.32. The molecule has 0 saturated heterocycles. The molecular weight excluding hydrogens is 202 g/mol. The van der Waals surface area contributed by atoms with Crippen LogP contribution in [-0.4, -0.2) is 13.7 Å². The molecule has 0 fully saturated rings. The smallest absolute Gasteiger partial charge is 0.122 e. The van der Waals surface area contributed by atoms with Crippen molar-refractivity contribution in [3.8, 4) is 5.75 Å². The molecule has 1 aliphatic heterocycles. The monoisotopic (exact) mass is 221 g/mol. The summed E-state index contributed by atoms with van der Waals surface area (Å²) in [5, 5.41) is 0. The topological polar surface area (TPSA) is 44.5 Å². The van der Waals surface area contributed by atoms with Crippen molar-refractivity contribution >= 4 is 0 Å². The third-order valence-electron chi connectivity index (χ3n) is 3.09. The van der Waals surface area contributed by atoms with E-state index >= 15 is 0 Å². The first-order valence-electron chi connectivity index (χ1n) is 5.82. The van der Waals surface area contributed by atoms with Crippen molar-refractivity contribution in [3.05, 3.63) is 28.8 Å². The molecule has 0 unspecified atom stereocenters. The minimum absolute atomic E-state index is 0.727. The van der Waals surface area contributed by atoms with E-state index in [0.717, 1.165) is 44.8 Å². The van der Waals surface area contributed by atoms with Crippen molar-refractivity contribution in [2.24, 2.45) is 5.73 Å². The van der Waals surface area contributed by atoms with Crippen LogP contribution in [0.3, 0.4) is 0 Å². The highest BCUT2D eigenvalue weighted by Gasteiger charge is 2.18. The Kier molecular flexibility index (Phi) is 3.80. The largest absolute Gasteiger partial charge is 0.496 e. The number of hydrogen-bond donors (Lipinski definition) is 1. The minimum Gasteiger partial charge on any atom is -0.496 e. The molecule has 0 aliphatic carbocycles. The lowest BCUT2D eigenvalue weighted by atomic mass is 9.98. The van der Waals surface area contributed by atoms with Crippen LogP contribution >= 0.6 is 0 Å². The number of benzene rings is 1. The average Bonchev–Trinajstić information content (AvgIpc) is 2.77. The molecule has 0 amide bonds. The van der Waals surface area contributed by atoms with Crippen LogP contribution in [0.5, 0.6) is 5.75 Å². The van der Waals surface area contributed by atoms with Gasteiger partial charge in [0.25, 0.3) is 0 Å². The van der Waals surface area contributed by atoms with Crippen LogP contribution in [0.1, 0.15) is 29.5 Å². The minimum atomic E-state index is 0.727. The van der Waals surface area contributed by atoms with E-state index in [4.69, 9.17) is 15.2 Å². The molecule has 3 heteroatoms. The summed E-state index contributed by atoms with van der Waals surface area (Å²) in [6.07, 6.45) is 3.21. The van der Waals surface area contributed by atoms with Crippen molar-refractivity contribution in [1.82, 2.24) is 0 Å². The molecule has 2 N–H and O–H groups in total. The number of unbranched alkanes of at least 4 members (excludes halogenated alkanes) is 1. The lowest BCUT2D eigenvalue weighted by molar-refractivity contribution is 0.134. The van der Waals surface area contributed by atoms with Crippen LogP contribution in [0.4, 0.5) is 0 Å². The summed E-state index contributed by atoms with van der Waals surface area (Å²) in [5.74, 6) is 0.987. The van der Waals surface area contributed by atoms with E-state index in [-0.39, 0.29) is 0 Å². The summed E-state index contributed by atoms with van der Waals surface area (Å²) in [6.45, 7) is 2.22. The first-order chi connectivity index (χ1) is 7.86. The SMILES string of the molecule is COc1ccc2c(c1CCCCN)COC2. The summed E-state index contributed by atoms with van der Waals surface area (Å²) in [5.41, 5.74) is 9.47. The number of ether oxygens (including phenoxy) is 2. The number of hydrogen-bond acceptors (Lipinski definition) is 3. The van der Waals surface area contributed by atoms with Crippen molar-refractivity contribution in [2.75, 3.05) is 13.7 Å². The normalized spacial score (nSPS) is 13.9. The van der Waals surface area contributed by atoms with Gasteiger partial charge in [-0.25, -0.2) is 0 Å². The van der Waals surface area contributed by atoms with Crippen molar-refractivity contribution in [1.29, 1.82) is 0 Å². The van der Waals surface area contributed by atoms with Gasteiger partial charge in [0, 0.05) is 0 Å². The Hall–Kier alpha value is -1.06. The molecule has 2 rings (SSSR count). The Balaban J connectivity index is 2.22. The molecule has 0 spiro atoms. The van der Waals surface area contributed by atoms with E-state index in [1.54, 1.807) is 7.11 Å². The Morgan fingerprint density at radius 2 is 2.19 bits per heavy atom. The Morgan fingerprint density at radius 3 is 2.94 bits per heavy atom. The quantitative estimate of drug-likeness (QED) is 0.773. The summed E-state index contributed by atoms with van der Waals surface area (Å²) < 4.78 is 10.9. The molecule has 1 aromatic carbocycles. The van der Waals surface area contributed by atoms with E-state index in [1.807, 2.05) is 6.07 Å². The van der Waals surface area contributed by atoms with Crippen LogP contribution in [0, 0.1) is 0 Å². The van der Waals surface area contributed by atoms with Gasteiger partial charge in [-0.05, 0) is 48.6 Å². The van der Waals surface area contributed by atoms with Gasteiger partial charge in [-0.1, -0.05) is 6.07 Å². The van der Waals surface area contributed by atoms with Crippen LogP contribution in [0.15, 0.2) is 12.1 Å². The van der Waals surface area contributed by atoms with Gasteiger partial charge >= 0.3 is 0 Å². The maximum atomic E-state index is 5.52. The first kappa shape index (κ1) is 11.4. The molecule has 3 nitrogen and oxygen atoms in total. The molecule has 88 valence electrons. The summed E-state index contributed by atoms with van der Waals surface area (Å²) in [7, 11) is 1.73. The fraction of sp³-hybridized carbons (Fsp3) is 0.538. The van der Waals surface area contributed by atoms with Gasteiger partial charge in [0.05, 0.1) is 20.3 Å². The molecule has 0 radical (unpaired) electrons. The zero-order valence-electron chi connectivity index (χ0n) is 9.79. The zero-order valence-corrected chi connectivity index (χ0v) is 9.79. The van der Waals surface area contributed by atoms with Crippen molar-refractivity contribution in [3.63, 3.8) is 0 Å². The standard InChI is InChI=1S/C13H19NO2/c1-15-13-6-5-10-8-16-9-12(10)11(13)4-2-3-7-14/h5-6H,2-4,7-9,14H2,1H3. The van der Waals surface area contributed by atoms with Gasteiger partial charge in [0.1, 0.15) is 5.75 Å². The highest BCUT2D eigenvalue weighted by molar-refractivity contribution is 5.46. The summed E-state index contributed by atoms with van der Waals surface area (Å²) >= 11 is 0. The Labute approximate surface area is 96.5 Å². The average molecular weight is 221 g/mol. The lowest BCUT2D eigenvalue weighted by Crippen LogP contribution is -2.02. The number of methoxy groups -OCH3 is 1. The summed E-state index contributed by atoms with van der Waals surface area (Å²) in [6, 6.07) is 4.15. The number of rotatable bonds is 5. The van der Waals surface area contributed by atoms with Crippen LogP contribution in [-0.2, 0) is 24.4 Å². The molecule has 1 aliphatic rings. The Morgan fingerprint density at radius 1 is 1.31 bits per heavy atom. The predicted octanol–water partition coefficient (Wildman–Crippen LogP) is 2.01. The molecule has 0 bridgehead atoms. The molecule has 0 aromatic heterocycles. The van der Waals surface area contributed by atoms with Gasteiger partial charge in [-0.2, -0.15) is 0 Å². The van der Waals surface area contributed by atoms with Gasteiger partial charge in [0.15, 0.2) is 0 Å². The molecular formula is C13H19NO2. The molecule has 0 atom stereocenters. The number of nitrogens with two attached hydrogens (primary N) is 1. The van der Waals surface area contributed by atoms with Crippen LogP contribution < -0.4 is 10.5 Å². The highest BCUT2D eigenvalue weighted by atomic mass is 16.5. The van der Waals surface area contributed by atoms with E-state index in [2.05, 4.69) is 6.07 Å². The van der Waals surface area contributed by atoms with Gasteiger partial charge in [0.2, 0.25) is 0 Å². The zero-order chi connectivity index (χ0) is 11.4. The third kappa shape index (κ3) is 2.20. The third-order valence-corrected chi connectivity index (χ3v) is 3.09. The van der Waals surface area contributed by atoms with Crippen LogP contribution in [0.2, 0.25) is 0 Å². The first-order valence-corrected chi connectivity index (χ1v) is 5.82. The maximum Gasteiger partial charge on any atom is 0.122 e. The molecule has 16 heavy (non-hydrogen) atoms. The Bertz CT molecular complexity index is 363. The second-order valence-electron chi connectivity index (χ2n) is 4.12. The van der Waals surface area contributed by atoms with Gasteiger partial charge in [-0.3, -0.25) is 0 Å². The molecule has 0 saturated carbocycles. The predicted molar refractivity (Wildman–Crippen MR) is 63.5 cm³/mol. The maximum absolute atomic E-state index is 5.52. The fourth-order valence-corrected chi connectivity index (χ4v) is 2.21. The van der Waals surface area contributed by atoms with E-state index in [0.29, 0.717) is 0 Å². The fourth-order valence-electron chi connectivity index (χ4n) is 2.21. The van der Waals surface area contributed by atoms with E-state index in [9.17, 15) is 0 Å². The summed E-state index contributed by atoms with van der Waals surface area (Å²) in [4.78, 5) is 0. The van der Waals surface area contributed by atoms with Crippen molar-refractivity contribution < 1.29 is 9.47 Å². The van der Waals surface area contributed by atoms with Gasteiger partial charge in [-0.15, -0.1) is 0 Å². The molecule has 1 aromatic rings. The van der Waals surface area contributed by atoms with E-state index < -0.39 is 0 Å². The van der Waals surface area contributed by atoms with Crippen molar-refractivity contribution in [2.45, 2.75) is 32.5 Å². The number of fused-ring (bicyclic) bond motifs is 1.